The minimum atomic E-state index is 0.547. The number of aromatic amines is 1. The van der Waals surface area contributed by atoms with Crippen LogP contribution in [-0.2, 0) is 6.42 Å². The molecule has 0 spiro atoms. The lowest BCUT2D eigenvalue weighted by atomic mass is 10.2. The Bertz CT molecular complexity index is 665. The lowest BCUT2D eigenvalue weighted by Gasteiger charge is -1.94. The van der Waals surface area contributed by atoms with Gasteiger partial charge in [-0.2, -0.15) is 9.61 Å². The van der Waals surface area contributed by atoms with Crippen LogP contribution in [0.2, 0.25) is 0 Å². The van der Waals surface area contributed by atoms with E-state index in [2.05, 4.69) is 27.4 Å². The molecule has 0 aliphatic rings. The molecule has 0 atom stereocenters. The van der Waals surface area contributed by atoms with Gasteiger partial charge >= 0.3 is 0 Å². The van der Waals surface area contributed by atoms with Crippen molar-refractivity contribution < 1.29 is 0 Å². The molecule has 4 nitrogen and oxygen atoms in total. The summed E-state index contributed by atoms with van der Waals surface area (Å²) in [6.45, 7) is 0. The first-order chi connectivity index (χ1) is 7.83. The normalized spacial score (nSPS) is 11.0. The molecule has 0 saturated heterocycles. The maximum Gasteiger partial charge on any atom is 0.233 e. The van der Waals surface area contributed by atoms with Gasteiger partial charge in [-0.05, 0) is 17.8 Å². The minimum absolute atomic E-state index is 0.547. The fraction of sp³-hybridized carbons (Fsp3) is 0.100. The largest absolute Gasteiger partial charge is 0.249 e. The van der Waals surface area contributed by atoms with Gasteiger partial charge in [-0.25, -0.2) is 5.10 Å². The molecule has 1 N–H and O–H groups in total. The first-order valence-corrected chi connectivity index (χ1v) is 6.02. The summed E-state index contributed by atoms with van der Waals surface area (Å²) in [5.74, 6) is 0. The van der Waals surface area contributed by atoms with Gasteiger partial charge in [-0.3, -0.25) is 0 Å². The number of aromatic nitrogens is 4. The van der Waals surface area contributed by atoms with Crippen LogP contribution in [0.3, 0.4) is 0 Å². The quantitative estimate of drug-likeness (QED) is 0.708. The summed E-state index contributed by atoms with van der Waals surface area (Å²) in [6, 6.07) is 10.2. The van der Waals surface area contributed by atoms with E-state index in [0.29, 0.717) is 4.77 Å². The summed E-state index contributed by atoms with van der Waals surface area (Å²) < 4.78 is 2.21. The highest BCUT2D eigenvalue weighted by Gasteiger charge is 2.06. The lowest BCUT2D eigenvalue weighted by molar-refractivity contribution is 0.894. The zero-order valence-corrected chi connectivity index (χ0v) is 9.88. The number of benzene rings is 1. The smallest absolute Gasteiger partial charge is 0.233 e. The van der Waals surface area contributed by atoms with Crippen molar-refractivity contribution in [2.45, 2.75) is 6.42 Å². The second kappa shape index (κ2) is 3.80. The molecule has 0 fully saturated rings. The van der Waals surface area contributed by atoms with Crippen molar-refractivity contribution in [1.82, 2.24) is 19.8 Å². The van der Waals surface area contributed by atoms with E-state index >= 15 is 0 Å². The average Bonchev–Trinajstić information content (AvgIpc) is 2.83. The van der Waals surface area contributed by atoms with Crippen molar-refractivity contribution in [3.63, 3.8) is 0 Å². The second-order valence-corrected chi connectivity index (χ2v) is 4.81. The molecule has 0 unspecified atom stereocenters. The highest BCUT2D eigenvalue weighted by atomic mass is 32.1. The van der Waals surface area contributed by atoms with E-state index in [0.717, 1.165) is 16.4 Å². The number of rotatable bonds is 2. The van der Waals surface area contributed by atoms with Crippen molar-refractivity contribution in [1.29, 1.82) is 0 Å². The lowest BCUT2D eigenvalue weighted by Crippen LogP contribution is -1.90. The summed E-state index contributed by atoms with van der Waals surface area (Å²) in [4.78, 5) is 0.816. The van der Waals surface area contributed by atoms with Crippen molar-refractivity contribution in [2.75, 3.05) is 0 Å². The molecule has 2 heterocycles. The van der Waals surface area contributed by atoms with Crippen LogP contribution in [-0.4, -0.2) is 19.8 Å². The summed E-state index contributed by atoms with van der Waals surface area (Å²) in [6.07, 6.45) is 0.823. The fourth-order valence-corrected chi connectivity index (χ4v) is 2.62. The zero-order valence-electron chi connectivity index (χ0n) is 8.25. The Kier molecular flexibility index (Phi) is 2.30. The third-order valence-corrected chi connectivity index (χ3v) is 3.41. The van der Waals surface area contributed by atoms with E-state index in [9.17, 15) is 0 Å². The highest BCUT2D eigenvalue weighted by molar-refractivity contribution is 7.71. The molecule has 3 rings (SSSR count). The third kappa shape index (κ3) is 1.66. The van der Waals surface area contributed by atoms with Crippen molar-refractivity contribution in [3.8, 4) is 0 Å². The Balaban J connectivity index is 1.98. The van der Waals surface area contributed by atoms with E-state index in [1.54, 1.807) is 15.9 Å². The van der Waals surface area contributed by atoms with Gasteiger partial charge < -0.3 is 0 Å². The van der Waals surface area contributed by atoms with Crippen molar-refractivity contribution in [3.05, 3.63) is 45.7 Å². The van der Waals surface area contributed by atoms with E-state index < -0.39 is 0 Å². The van der Waals surface area contributed by atoms with Crippen LogP contribution < -0.4 is 0 Å². The Labute approximate surface area is 101 Å². The summed E-state index contributed by atoms with van der Waals surface area (Å²) in [5, 5.41) is 12.2. The number of H-pyrrole nitrogens is 1. The van der Waals surface area contributed by atoms with Gasteiger partial charge in [0, 0.05) is 6.42 Å². The van der Waals surface area contributed by atoms with Crippen LogP contribution in [0.15, 0.2) is 30.3 Å². The average molecular weight is 248 g/mol. The molecule has 0 bridgehead atoms. The monoisotopic (exact) mass is 248 g/mol. The van der Waals surface area contributed by atoms with Crippen LogP contribution >= 0.6 is 23.6 Å². The second-order valence-electron chi connectivity index (χ2n) is 3.38. The van der Waals surface area contributed by atoms with Crippen LogP contribution in [0.5, 0.6) is 0 Å². The Morgan fingerprint density at radius 1 is 1.31 bits per heavy atom. The first kappa shape index (κ1) is 9.68. The van der Waals surface area contributed by atoms with E-state index in [1.807, 2.05) is 18.2 Å². The first-order valence-electron chi connectivity index (χ1n) is 4.80. The molecule has 0 aliphatic heterocycles. The predicted molar refractivity (Wildman–Crippen MR) is 65.3 cm³/mol. The highest BCUT2D eigenvalue weighted by Crippen LogP contribution is 2.16. The molecular formula is C10H8N4S2. The molecule has 0 aliphatic carbocycles. The third-order valence-electron chi connectivity index (χ3n) is 2.24. The topological polar surface area (TPSA) is 46.0 Å². The van der Waals surface area contributed by atoms with Crippen molar-refractivity contribution >= 4 is 28.5 Å². The molecule has 80 valence electrons. The summed E-state index contributed by atoms with van der Waals surface area (Å²) in [7, 11) is 0. The van der Waals surface area contributed by atoms with Gasteiger partial charge in [0.15, 0.2) is 0 Å². The van der Waals surface area contributed by atoms with Crippen LogP contribution in [0.1, 0.15) is 10.6 Å². The molecule has 16 heavy (non-hydrogen) atoms. The van der Waals surface area contributed by atoms with Gasteiger partial charge in [0.1, 0.15) is 5.01 Å². The van der Waals surface area contributed by atoms with Gasteiger partial charge in [-0.15, -0.1) is 5.10 Å². The minimum Gasteiger partial charge on any atom is -0.249 e. The zero-order chi connectivity index (χ0) is 11.0. The van der Waals surface area contributed by atoms with E-state index in [-0.39, 0.29) is 0 Å². The van der Waals surface area contributed by atoms with Crippen LogP contribution in [0, 0.1) is 4.77 Å². The number of hydrogen-bond donors (Lipinski definition) is 1. The van der Waals surface area contributed by atoms with Crippen LogP contribution in [0.25, 0.3) is 4.96 Å². The number of nitrogens with one attached hydrogen (secondary N) is 1. The standard InChI is InChI=1S/C10H8N4S2/c15-9-11-12-10-14(9)13-8(16-10)6-7-4-2-1-3-5-7/h1-5H,6H2,(H,11,15). The molecule has 0 saturated carbocycles. The summed E-state index contributed by atoms with van der Waals surface area (Å²) in [5.41, 5.74) is 1.24. The molecule has 3 aromatic rings. The number of hydrogen-bond acceptors (Lipinski definition) is 4. The molecule has 2 aromatic heterocycles. The molecule has 0 amide bonds. The molecule has 6 heteroatoms. The molecule has 1 aromatic carbocycles. The van der Waals surface area contributed by atoms with E-state index in [1.165, 1.54) is 5.56 Å². The van der Waals surface area contributed by atoms with Gasteiger partial charge in [0.05, 0.1) is 0 Å². The molecule has 0 radical (unpaired) electrons. The summed E-state index contributed by atoms with van der Waals surface area (Å²) >= 11 is 6.61. The Morgan fingerprint density at radius 3 is 2.88 bits per heavy atom. The van der Waals surface area contributed by atoms with Crippen molar-refractivity contribution in [2.24, 2.45) is 0 Å². The maximum absolute atomic E-state index is 5.05. The molecular weight excluding hydrogens is 240 g/mol. The van der Waals surface area contributed by atoms with Gasteiger partial charge in [0.2, 0.25) is 9.73 Å². The maximum atomic E-state index is 5.05. The SMILES string of the molecule is S=c1[nH]nc2sc(Cc3ccccc3)nn12. The number of fused-ring (bicyclic) bond motifs is 1. The van der Waals surface area contributed by atoms with E-state index in [4.69, 9.17) is 12.2 Å². The van der Waals surface area contributed by atoms with Gasteiger partial charge in [0.25, 0.3) is 0 Å². The number of nitrogens with zero attached hydrogens (tertiary/aromatic N) is 3. The Hall–Kier alpha value is -1.53. The van der Waals surface area contributed by atoms with Crippen LogP contribution in [0.4, 0.5) is 0 Å². The van der Waals surface area contributed by atoms with Gasteiger partial charge in [-0.1, -0.05) is 41.7 Å². The predicted octanol–water partition coefficient (Wildman–Crippen LogP) is 2.44. The fourth-order valence-electron chi connectivity index (χ4n) is 1.51. The Morgan fingerprint density at radius 2 is 2.12 bits per heavy atom.